The molecule has 8 heteroatoms. The Hall–Kier alpha value is -3.39. The van der Waals surface area contributed by atoms with Crippen molar-refractivity contribution in [3.05, 3.63) is 87.2 Å². The number of halogens is 1. The van der Waals surface area contributed by atoms with Gasteiger partial charge in [0.05, 0.1) is 17.6 Å². The van der Waals surface area contributed by atoms with Gasteiger partial charge >= 0.3 is 0 Å². The molecular weight excluding hydrogens is 455 g/mol. The number of nitrogens with one attached hydrogen (secondary N) is 1. The SMILES string of the molecule is CCCC(c1nnnn1C1CCCC1)N(Cc1ccc(F)cc1)Cc1cc2cccc(C)c2[nH]c1=O. The molecular formula is C28H33FN6O. The highest BCUT2D eigenvalue weighted by Crippen LogP contribution is 2.34. The van der Waals surface area contributed by atoms with Crippen molar-refractivity contribution >= 4 is 10.9 Å². The largest absolute Gasteiger partial charge is 0.321 e. The van der Waals surface area contributed by atoms with Crippen LogP contribution in [0.25, 0.3) is 10.9 Å². The molecule has 1 aliphatic rings. The predicted molar refractivity (Wildman–Crippen MR) is 138 cm³/mol. The molecule has 1 fully saturated rings. The zero-order chi connectivity index (χ0) is 25.1. The van der Waals surface area contributed by atoms with Gasteiger partial charge in [0.1, 0.15) is 5.82 Å². The van der Waals surface area contributed by atoms with E-state index < -0.39 is 0 Å². The molecule has 5 rings (SSSR count). The molecule has 188 valence electrons. The first-order chi connectivity index (χ1) is 17.5. The minimum atomic E-state index is -0.262. The fraction of sp³-hybridized carbons (Fsp3) is 0.429. The summed E-state index contributed by atoms with van der Waals surface area (Å²) < 4.78 is 15.7. The van der Waals surface area contributed by atoms with Gasteiger partial charge in [-0.3, -0.25) is 9.69 Å². The highest BCUT2D eigenvalue weighted by atomic mass is 19.1. The van der Waals surface area contributed by atoms with Crippen LogP contribution in [0.3, 0.4) is 0 Å². The lowest BCUT2D eigenvalue weighted by atomic mass is 10.0. The molecule has 1 saturated carbocycles. The summed E-state index contributed by atoms with van der Waals surface area (Å²) in [5.41, 5.74) is 3.48. The van der Waals surface area contributed by atoms with Crippen LogP contribution in [0.4, 0.5) is 4.39 Å². The second-order valence-corrected chi connectivity index (χ2v) is 9.92. The Morgan fingerprint density at radius 3 is 2.67 bits per heavy atom. The van der Waals surface area contributed by atoms with E-state index in [9.17, 15) is 9.18 Å². The second kappa shape index (κ2) is 10.7. The first-order valence-corrected chi connectivity index (χ1v) is 12.9. The number of para-hydroxylation sites is 1. The minimum absolute atomic E-state index is 0.0803. The molecule has 0 radical (unpaired) electrons. The Morgan fingerprint density at radius 2 is 1.92 bits per heavy atom. The summed E-state index contributed by atoms with van der Waals surface area (Å²) in [6.07, 6.45) is 6.33. The lowest BCUT2D eigenvalue weighted by Crippen LogP contribution is -2.33. The van der Waals surface area contributed by atoms with E-state index in [1.54, 1.807) is 12.1 Å². The first-order valence-electron chi connectivity index (χ1n) is 12.9. The lowest BCUT2D eigenvalue weighted by Gasteiger charge is -2.31. The maximum absolute atomic E-state index is 13.6. The Morgan fingerprint density at radius 1 is 1.14 bits per heavy atom. The summed E-state index contributed by atoms with van der Waals surface area (Å²) in [5.74, 6) is 0.584. The molecule has 0 saturated heterocycles. The van der Waals surface area contributed by atoms with E-state index in [1.165, 1.54) is 25.0 Å². The van der Waals surface area contributed by atoms with Gasteiger partial charge in [-0.2, -0.15) is 0 Å². The standard InChI is InChI=1S/C28H33FN6O/c1-3-7-25(27-31-32-33-35(27)24-10-4-5-11-24)34(17-20-12-14-23(29)15-13-20)18-22-16-21-9-6-8-19(2)26(21)30-28(22)36/h6,8-9,12-16,24-25H,3-5,7,10-11,17-18H2,1-2H3,(H,30,36). The molecule has 2 heterocycles. The van der Waals surface area contributed by atoms with Gasteiger partial charge in [-0.05, 0) is 71.3 Å². The third-order valence-corrected chi connectivity index (χ3v) is 7.33. The van der Waals surface area contributed by atoms with Crippen LogP contribution < -0.4 is 5.56 Å². The number of benzene rings is 2. The van der Waals surface area contributed by atoms with Crippen LogP contribution in [-0.4, -0.2) is 30.1 Å². The van der Waals surface area contributed by atoms with Gasteiger partial charge in [-0.15, -0.1) is 5.10 Å². The summed E-state index contributed by atoms with van der Waals surface area (Å²) in [7, 11) is 0. The first kappa shape index (κ1) is 24.3. The number of aromatic nitrogens is 5. The summed E-state index contributed by atoms with van der Waals surface area (Å²) in [6.45, 7) is 5.13. The number of pyridine rings is 1. The van der Waals surface area contributed by atoms with Gasteiger partial charge in [0.2, 0.25) is 0 Å². The molecule has 1 N–H and O–H groups in total. The smallest absolute Gasteiger partial charge is 0.252 e. The highest BCUT2D eigenvalue weighted by molar-refractivity contribution is 5.81. The second-order valence-electron chi connectivity index (χ2n) is 9.92. The molecule has 1 atom stereocenters. The zero-order valence-electron chi connectivity index (χ0n) is 21.0. The Kier molecular flexibility index (Phi) is 7.23. The predicted octanol–water partition coefficient (Wildman–Crippen LogP) is 5.62. The molecule has 7 nitrogen and oxygen atoms in total. The van der Waals surface area contributed by atoms with E-state index in [0.29, 0.717) is 24.7 Å². The number of hydrogen-bond donors (Lipinski definition) is 1. The molecule has 0 amide bonds. The minimum Gasteiger partial charge on any atom is -0.321 e. The highest BCUT2D eigenvalue weighted by Gasteiger charge is 2.30. The Balaban J connectivity index is 1.55. The monoisotopic (exact) mass is 488 g/mol. The van der Waals surface area contributed by atoms with Crippen LogP contribution in [0.2, 0.25) is 0 Å². The quantitative estimate of drug-likeness (QED) is 0.331. The van der Waals surface area contributed by atoms with E-state index in [4.69, 9.17) is 0 Å². The van der Waals surface area contributed by atoms with Gasteiger partial charge in [-0.25, -0.2) is 9.07 Å². The maximum Gasteiger partial charge on any atom is 0.252 e. The van der Waals surface area contributed by atoms with Gasteiger partial charge in [0.15, 0.2) is 5.82 Å². The molecule has 1 aliphatic carbocycles. The van der Waals surface area contributed by atoms with E-state index in [0.717, 1.165) is 53.5 Å². The van der Waals surface area contributed by atoms with Crippen LogP contribution in [0.15, 0.2) is 53.3 Å². The normalized spacial score (nSPS) is 15.2. The zero-order valence-corrected chi connectivity index (χ0v) is 21.0. The van der Waals surface area contributed by atoms with Crippen molar-refractivity contribution in [2.75, 3.05) is 0 Å². The topological polar surface area (TPSA) is 79.7 Å². The molecule has 36 heavy (non-hydrogen) atoms. The van der Waals surface area contributed by atoms with Gasteiger partial charge in [0, 0.05) is 18.7 Å². The fourth-order valence-corrected chi connectivity index (χ4v) is 5.44. The van der Waals surface area contributed by atoms with E-state index in [2.05, 4.69) is 32.3 Å². The average molecular weight is 489 g/mol. The molecule has 4 aromatic rings. The van der Waals surface area contributed by atoms with Crippen LogP contribution >= 0.6 is 0 Å². The molecule has 0 spiro atoms. The molecule has 0 aliphatic heterocycles. The van der Waals surface area contributed by atoms with E-state index >= 15 is 0 Å². The van der Waals surface area contributed by atoms with Gasteiger partial charge < -0.3 is 4.98 Å². The van der Waals surface area contributed by atoms with Crippen molar-refractivity contribution in [3.63, 3.8) is 0 Å². The molecule has 2 aromatic heterocycles. The van der Waals surface area contributed by atoms with Crippen LogP contribution in [0.1, 0.15) is 80.0 Å². The van der Waals surface area contributed by atoms with Crippen molar-refractivity contribution in [1.29, 1.82) is 0 Å². The van der Waals surface area contributed by atoms with Crippen molar-refractivity contribution < 1.29 is 4.39 Å². The summed E-state index contributed by atoms with van der Waals surface area (Å²) in [4.78, 5) is 18.5. The number of aromatic amines is 1. The third-order valence-electron chi connectivity index (χ3n) is 7.33. The van der Waals surface area contributed by atoms with Gasteiger partial charge in [-0.1, -0.05) is 56.5 Å². The summed E-state index contributed by atoms with van der Waals surface area (Å²) in [5, 5.41) is 14.0. The van der Waals surface area contributed by atoms with Crippen LogP contribution in [0.5, 0.6) is 0 Å². The van der Waals surface area contributed by atoms with Crippen molar-refractivity contribution in [2.24, 2.45) is 0 Å². The number of nitrogens with zero attached hydrogens (tertiary/aromatic N) is 5. The Bertz CT molecular complexity index is 1370. The van der Waals surface area contributed by atoms with Crippen LogP contribution in [-0.2, 0) is 13.1 Å². The lowest BCUT2D eigenvalue weighted by molar-refractivity contribution is 0.153. The average Bonchev–Trinajstić information content (AvgIpc) is 3.57. The molecule has 1 unspecified atom stereocenters. The summed E-state index contributed by atoms with van der Waals surface area (Å²) >= 11 is 0. The molecule has 2 aromatic carbocycles. The van der Waals surface area contributed by atoms with E-state index in [-0.39, 0.29) is 17.4 Å². The number of tetrazole rings is 1. The van der Waals surface area contributed by atoms with Crippen molar-refractivity contribution in [1.82, 2.24) is 30.1 Å². The van der Waals surface area contributed by atoms with E-state index in [1.807, 2.05) is 35.9 Å². The number of rotatable bonds is 9. The number of hydrogen-bond acceptors (Lipinski definition) is 5. The number of aryl methyl sites for hydroxylation is 1. The fourth-order valence-electron chi connectivity index (χ4n) is 5.44. The molecule has 0 bridgehead atoms. The number of fused-ring (bicyclic) bond motifs is 1. The van der Waals surface area contributed by atoms with Crippen molar-refractivity contribution in [3.8, 4) is 0 Å². The Labute approximate surface area is 210 Å². The maximum atomic E-state index is 13.6. The van der Waals surface area contributed by atoms with Crippen LogP contribution in [0, 0.1) is 12.7 Å². The third kappa shape index (κ3) is 5.09. The summed E-state index contributed by atoms with van der Waals surface area (Å²) in [6, 6.07) is 14.8. The van der Waals surface area contributed by atoms with Crippen molar-refractivity contribution in [2.45, 2.75) is 77.5 Å². The van der Waals surface area contributed by atoms with Gasteiger partial charge in [0.25, 0.3) is 5.56 Å². The number of H-pyrrole nitrogens is 1.